The number of fused-ring (bicyclic) bond motifs is 2. The summed E-state index contributed by atoms with van der Waals surface area (Å²) in [5.74, 6) is -1.60. The first kappa shape index (κ1) is 22.5. The zero-order valence-corrected chi connectivity index (χ0v) is 19.0. The molecule has 0 radical (unpaired) electrons. The molecule has 1 spiro atoms. The lowest BCUT2D eigenvalue weighted by atomic mass is 9.76. The van der Waals surface area contributed by atoms with Gasteiger partial charge in [0, 0.05) is 5.56 Å². The van der Waals surface area contributed by atoms with E-state index in [1.54, 1.807) is 12.1 Å². The molecule has 1 heterocycles. The van der Waals surface area contributed by atoms with Crippen molar-refractivity contribution in [2.45, 2.75) is 51.0 Å². The number of carbonyl (C=O) groups is 4. The van der Waals surface area contributed by atoms with Gasteiger partial charge in [0.25, 0.3) is 17.7 Å². The van der Waals surface area contributed by atoms with Crippen LogP contribution in [0.1, 0.15) is 60.7 Å². The standard InChI is InChI=1S/C25H28N4O4/c1-24(2,3)18-12-10-17(11-13-18)21(31)28-27-20(30)15-29-22(32)25(26-23(29)33)14-6-8-16-7-4-5-9-19(16)25/h4-5,7,9-13H,6,8,14-15H2,1-3H3,(H,26,33)(H,27,30)(H,28,31). The number of nitrogens with zero attached hydrogens (tertiary/aromatic N) is 1. The first-order valence-corrected chi connectivity index (χ1v) is 11.0. The lowest BCUT2D eigenvalue weighted by molar-refractivity contribution is -0.135. The fourth-order valence-corrected chi connectivity index (χ4v) is 4.46. The zero-order chi connectivity index (χ0) is 23.8. The van der Waals surface area contributed by atoms with Crippen LogP contribution in [0.25, 0.3) is 0 Å². The van der Waals surface area contributed by atoms with Crippen molar-refractivity contribution in [1.29, 1.82) is 0 Å². The van der Waals surface area contributed by atoms with E-state index in [9.17, 15) is 19.2 Å². The molecular weight excluding hydrogens is 420 g/mol. The van der Waals surface area contributed by atoms with Gasteiger partial charge in [-0.2, -0.15) is 0 Å². The highest BCUT2D eigenvalue weighted by atomic mass is 16.2. The summed E-state index contributed by atoms with van der Waals surface area (Å²) >= 11 is 0. The predicted octanol–water partition coefficient (Wildman–Crippen LogP) is 2.53. The van der Waals surface area contributed by atoms with Crippen molar-refractivity contribution < 1.29 is 19.2 Å². The van der Waals surface area contributed by atoms with Crippen LogP contribution in [0.5, 0.6) is 0 Å². The van der Waals surface area contributed by atoms with Crippen molar-refractivity contribution in [3.8, 4) is 0 Å². The fourth-order valence-electron chi connectivity index (χ4n) is 4.46. The van der Waals surface area contributed by atoms with E-state index in [1.165, 1.54) is 0 Å². The number of hydrogen-bond donors (Lipinski definition) is 3. The number of carbonyl (C=O) groups excluding carboxylic acids is 4. The Balaban J connectivity index is 1.39. The molecule has 3 N–H and O–H groups in total. The summed E-state index contributed by atoms with van der Waals surface area (Å²) < 4.78 is 0. The average molecular weight is 449 g/mol. The second-order valence-corrected chi connectivity index (χ2v) is 9.57. The van der Waals surface area contributed by atoms with E-state index in [2.05, 4.69) is 36.9 Å². The quantitative estimate of drug-likeness (QED) is 0.495. The van der Waals surface area contributed by atoms with E-state index in [1.807, 2.05) is 36.4 Å². The summed E-state index contributed by atoms with van der Waals surface area (Å²) in [4.78, 5) is 51.5. The number of benzene rings is 2. The van der Waals surface area contributed by atoms with Crippen molar-refractivity contribution in [1.82, 2.24) is 21.1 Å². The highest BCUT2D eigenvalue weighted by molar-refractivity contribution is 6.09. The maximum absolute atomic E-state index is 13.2. The molecule has 1 saturated heterocycles. The van der Waals surface area contributed by atoms with Crippen LogP contribution in [-0.4, -0.2) is 35.2 Å². The first-order valence-electron chi connectivity index (χ1n) is 11.0. The second-order valence-electron chi connectivity index (χ2n) is 9.57. The molecule has 5 amide bonds. The van der Waals surface area contributed by atoms with E-state index in [-0.39, 0.29) is 5.41 Å². The number of imide groups is 1. The zero-order valence-electron chi connectivity index (χ0n) is 19.0. The molecule has 1 aliphatic heterocycles. The van der Waals surface area contributed by atoms with Gasteiger partial charge >= 0.3 is 6.03 Å². The van der Waals surface area contributed by atoms with E-state index >= 15 is 0 Å². The third-order valence-corrected chi connectivity index (χ3v) is 6.28. The summed E-state index contributed by atoms with van der Waals surface area (Å²) in [6.07, 6.45) is 2.07. The van der Waals surface area contributed by atoms with E-state index < -0.39 is 35.8 Å². The van der Waals surface area contributed by atoms with Crippen molar-refractivity contribution in [2.75, 3.05) is 6.54 Å². The van der Waals surface area contributed by atoms with E-state index in [0.717, 1.165) is 34.4 Å². The molecule has 4 rings (SSSR count). The maximum Gasteiger partial charge on any atom is 0.325 e. The Morgan fingerprint density at radius 1 is 1.03 bits per heavy atom. The number of hydrogen-bond acceptors (Lipinski definition) is 4. The van der Waals surface area contributed by atoms with Crippen LogP contribution in [0.15, 0.2) is 48.5 Å². The third-order valence-electron chi connectivity index (χ3n) is 6.28. The van der Waals surface area contributed by atoms with Crippen LogP contribution in [0.4, 0.5) is 4.79 Å². The molecule has 0 bridgehead atoms. The molecule has 172 valence electrons. The minimum Gasteiger partial charge on any atom is -0.319 e. The van der Waals surface area contributed by atoms with Crippen LogP contribution in [0.3, 0.4) is 0 Å². The van der Waals surface area contributed by atoms with Gasteiger partial charge in [0.15, 0.2) is 0 Å². The van der Waals surface area contributed by atoms with Gasteiger partial charge in [-0.3, -0.25) is 30.1 Å². The number of rotatable bonds is 3. The molecule has 1 atom stereocenters. The lowest BCUT2D eigenvalue weighted by Crippen LogP contribution is -2.49. The topological polar surface area (TPSA) is 108 Å². The molecule has 1 fully saturated rings. The molecule has 2 aromatic carbocycles. The first-order chi connectivity index (χ1) is 15.6. The number of aryl methyl sites for hydroxylation is 1. The number of amides is 5. The normalized spacial score (nSPS) is 19.8. The van der Waals surface area contributed by atoms with Crippen molar-refractivity contribution in [3.05, 3.63) is 70.8 Å². The highest BCUT2D eigenvalue weighted by Gasteiger charge is 2.54. The maximum atomic E-state index is 13.2. The highest BCUT2D eigenvalue weighted by Crippen LogP contribution is 2.39. The molecule has 33 heavy (non-hydrogen) atoms. The Hall–Kier alpha value is -3.68. The molecule has 0 aromatic heterocycles. The Kier molecular flexibility index (Phi) is 5.69. The Bertz CT molecular complexity index is 1120. The molecule has 8 nitrogen and oxygen atoms in total. The SMILES string of the molecule is CC(C)(C)c1ccc(C(=O)NNC(=O)CN2C(=O)NC3(CCCc4ccccc43)C2=O)cc1. The van der Waals surface area contributed by atoms with Crippen molar-refractivity contribution in [3.63, 3.8) is 0 Å². The van der Waals surface area contributed by atoms with Gasteiger partial charge in [0.05, 0.1) is 0 Å². The fraction of sp³-hybridized carbons (Fsp3) is 0.360. The van der Waals surface area contributed by atoms with Gasteiger partial charge < -0.3 is 5.32 Å². The smallest absolute Gasteiger partial charge is 0.319 e. The summed E-state index contributed by atoms with van der Waals surface area (Å²) in [5, 5.41) is 2.81. The van der Waals surface area contributed by atoms with Crippen molar-refractivity contribution >= 4 is 23.8 Å². The Morgan fingerprint density at radius 3 is 2.42 bits per heavy atom. The van der Waals surface area contributed by atoms with Crippen LogP contribution < -0.4 is 16.2 Å². The monoisotopic (exact) mass is 448 g/mol. The van der Waals surface area contributed by atoms with E-state index in [4.69, 9.17) is 0 Å². The van der Waals surface area contributed by atoms with Gasteiger partial charge in [-0.05, 0) is 53.5 Å². The van der Waals surface area contributed by atoms with Crippen LogP contribution in [0.2, 0.25) is 0 Å². The minimum absolute atomic E-state index is 0.0394. The molecule has 8 heteroatoms. The van der Waals surface area contributed by atoms with Crippen LogP contribution in [-0.2, 0) is 27.0 Å². The number of hydrazine groups is 1. The minimum atomic E-state index is -1.13. The Labute approximate surface area is 192 Å². The summed E-state index contributed by atoms with van der Waals surface area (Å²) in [6.45, 7) is 5.74. The number of urea groups is 1. The average Bonchev–Trinajstić information content (AvgIpc) is 3.02. The molecule has 1 unspecified atom stereocenters. The predicted molar refractivity (Wildman–Crippen MR) is 122 cm³/mol. The molecule has 1 aliphatic carbocycles. The lowest BCUT2D eigenvalue weighted by Gasteiger charge is -2.33. The molecule has 0 saturated carbocycles. The summed E-state index contributed by atoms with van der Waals surface area (Å²) in [7, 11) is 0. The van der Waals surface area contributed by atoms with Gasteiger partial charge in [0.1, 0.15) is 12.1 Å². The molecule has 2 aliphatic rings. The van der Waals surface area contributed by atoms with Crippen LogP contribution >= 0.6 is 0 Å². The summed E-state index contributed by atoms with van der Waals surface area (Å²) in [5.41, 5.74) is 6.73. The van der Waals surface area contributed by atoms with Gasteiger partial charge in [-0.1, -0.05) is 57.2 Å². The summed E-state index contributed by atoms with van der Waals surface area (Å²) in [6, 6.07) is 14.0. The Morgan fingerprint density at radius 2 is 1.73 bits per heavy atom. The van der Waals surface area contributed by atoms with E-state index in [0.29, 0.717) is 12.0 Å². The van der Waals surface area contributed by atoms with Gasteiger partial charge in [-0.15, -0.1) is 0 Å². The molecular formula is C25H28N4O4. The van der Waals surface area contributed by atoms with Gasteiger partial charge in [0.2, 0.25) is 0 Å². The largest absolute Gasteiger partial charge is 0.325 e. The molecule has 2 aromatic rings. The second kappa shape index (κ2) is 8.35. The van der Waals surface area contributed by atoms with Crippen LogP contribution in [0, 0.1) is 0 Å². The number of nitrogens with one attached hydrogen (secondary N) is 3. The van der Waals surface area contributed by atoms with Crippen molar-refractivity contribution in [2.24, 2.45) is 0 Å². The third kappa shape index (κ3) is 4.20. The van der Waals surface area contributed by atoms with Gasteiger partial charge in [-0.25, -0.2) is 4.79 Å².